The van der Waals surface area contributed by atoms with E-state index in [2.05, 4.69) is 21.2 Å². The number of aromatic nitrogens is 3. The summed E-state index contributed by atoms with van der Waals surface area (Å²) in [5, 5.41) is 9.05. The van der Waals surface area contributed by atoms with Gasteiger partial charge in [-0.3, -0.25) is 4.79 Å². The van der Waals surface area contributed by atoms with Gasteiger partial charge in [-0.15, -0.1) is 21.5 Å². The zero-order chi connectivity index (χ0) is 19.3. The molecule has 0 amide bonds. The highest BCUT2D eigenvalue weighted by molar-refractivity contribution is 7.18. The van der Waals surface area contributed by atoms with E-state index >= 15 is 0 Å². The van der Waals surface area contributed by atoms with Gasteiger partial charge in [-0.25, -0.2) is 4.98 Å². The van der Waals surface area contributed by atoms with Crippen LogP contribution in [0.15, 0.2) is 59.0 Å². The van der Waals surface area contributed by atoms with E-state index in [0.717, 1.165) is 22.5 Å². The molecule has 0 aliphatic heterocycles. The lowest BCUT2D eigenvalue weighted by molar-refractivity contribution is -0.149. The number of fused-ring (bicyclic) bond motifs is 1. The van der Waals surface area contributed by atoms with Crippen LogP contribution >= 0.6 is 11.3 Å². The van der Waals surface area contributed by atoms with Crippen LogP contribution in [0.25, 0.3) is 21.7 Å². The quantitative estimate of drug-likeness (QED) is 0.412. The van der Waals surface area contributed by atoms with Crippen molar-refractivity contribution in [1.29, 1.82) is 0 Å². The van der Waals surface area contributed by atoms with Gasteiger partial charge in [0.25, 0.3) is 5.89 Å². The number of nitrogens with zero attached hydrogens (tertiary/aromatic N) is 3. The third-order valence-corrected chi connectivity index (χ3v) is 5.32. The van der Waals surface area contributed by atoms with Crippen LogP contribution in [0.4, 0.5) is 0 Å². The van der Waals surface area contributed by atoms with Gasteiger partial charge >= 0.3 is 5.97 Å². The zero-order valence-corrected chi connectivity index (χ0v) is 16.2. The lowest BCUT2D eigenvalue weighted by Crippen LogP contribution is -2.09. The number of esters is 1. The molecule has 0 fully saturated rings. The highest BCUT2D eigenvalue weighted by Crippen LogP contribution is 2.24. The van der Waals surface area contributed by atoms with E-state index in [1.54, 1.807) is 18.3 Å². The molecular weight excluding hydrogens is 374 g/mol. The summed E-state index contributed by atoms with van der Waals surface area (Å²) in [6.07, 6.45) is 1.17. The predicted molar refractivity (Wildman–Crippen MR) is 107 cm³/mol. The van der Waals surface area contributed by atoms with Gasteiger partial charge in [0.05, 0.1) is 15.2 Å². The van der Waals surface area contributed by atoms with Crippen LogP contribution in [0.3, 0.4) is 0 Å². The van der Waals surface area contributed by atoms with Crippen molar-refractivity contribution in [3.05, 3.63) is 65.5 Å². The van der Waals surface area contributed by atoms with E-state index in [1.807, 2.05) is 48.5 Å². The first kappa shape index (κ1) is 18.3. The lowest BCUT2D eigenvalue weighted by atomic mass is 10.2. The summed E-state index contributed by atoms with van der Waals surface area (Å²) in [6, 6.07) is 17.5. The van der Waals surface area contributed by atoms with Crippen LogP contribution in [0.2, 0.25) is 0 Å². The van der Waals surface area contributed by atoms with E-state index in [0.29, 0.717) is 24.6 Å². The van der Waals surface area contributed by atoms with Crippen LogP contribution in [0.1, 0.15) is 36.8 Å². The second kappa shape index (κ2) is 8.31. The van der Waals surface area contributed by atoms with Crippen LogP contribution in [0, 0.1) is 0 Å². The molecule has 0 saturated carbocycles. The van der Waals surface area contributed by atoms with Gasteiger partial charge in [-0.05, 0) is 44.0 Å². The third-order valence-electron chi connectivity index (χ3n) is 4.23. The van der Waals surface area contributed by atoms with Crippen molar-refractivity contribution in [3.63, 3.8) is 0 Å². The van der Waals surface area contributed by atoms with E-state index in [1.165, 1.54) is 4.70 Å². The molecule has 2 heterocycles. The number of hydrogen-bond donors (Lipinski definition) is 0. The average molecular weight is 393 g/mol. The van der Waals surface area contributed by atoms with Gasteiger partial charge in [0.2, 0.25) is 5.89 Å². The highest BCUT2D eigenvalue weighted by Gasteiger charge is 2.19. The number of para-hydroxylation sites is 1. The van der Waals surface area contributed by atoms with Crippen molar-refractivity contribution in [3.8, 4) is 11.5 Å². The second-order valence-electron chi connectivity index (χ2n) is 6.37. The van der Waals surface area contributed by atoms with Gasteiger partial charge in [-0.2, -0.15) is 0 Å². The van der Waals surface area contributed by atoms with E-state index in [4.69, 9.17) is 9.15 Å². The number of ether oxygens (including phenoxy) is 1. The molecular formula is C21H19N3O3S. The Morgan fingerprint density at radius 2 is 1.89 bits per heavy atom. The minimum atomic E-state index is -0.583. The number of aryl methyl sites for hydroxylation is 1. The summed E-state index contributed by atoms with van der Waals surface area (Å²) in [4.78, 5) is 16.7. The molecule has 0 saturated heterocycles. The number of carbonyl (C=O) groups is 1. The molecule has 2 aromatic heterocycles. The molecule has 4 rings (SSSR count). The third kappa shape index (κ3) is 4.26. The zero-order valence-electron chi connectivity index (χ0n) is 15.4. The minimum absolute atomic E-state index is 0.284. The molecule has 1 unspecified atom stereocenters. The molecule has 0 aliphatic carbocycles. The van der Waals surface area contributed by atoms with Gasteiger partial charge in [0.1, 0.15) is 0 Å². The summed E-state index contributed by atoms with van der Waals surface area (Å²) in [5.41, 5.74) is 1.83. The normalized spacial score (nSPS) is 12.2. The Labute approximate surface area is 166 Å². The van der Waals surface area contributed by atoms with Crippen molar-refractivity contribution in [2.24, 2.45) is 0 Å². The number of hydrogen-bond acceptors (Lipinski definition) is 7. The minimum Gasteiger partial charge on any atom is -0.453 e. The van der Waals surface area contributed by atoms with Crippen molar-refractivity contribution < 1.29 is 13.9 Å². The van der Waals surface area contributed by atoms with Crippen molar-refractivity contribution in [2.75, 3.05) is 0 Å². The lowest BCUT2D eigenvalue weighted by Gasteiger charge is -2.08. The van der Waals surface area contributed by atoms with Crippen molar-refractivity contribution >= 4 is 27.5 Å². The Balaban J connectivity index is 1.28. The SMILES string of the molecule is CC(OC(=O)CCCc1nc2ccccc2s1)c1nnc(-c2ccccc2)o1. The number of carbonyl (C=O) groups excluding carboxylic acids is 1. The fourth-order valence-corrected chi connectivity index (χ4v) is 3.82. The predicted octanol–water partition coefficient (Wildman–Crippen LogP) is 4.97. The largest absolute Gasteiger partial charge is 0.453 e. The fraction of sp³-hybridized carbons (Fsp3) is 0.238. The molecule has 0 radical (unpaired) electrons. The van der Waals surface area contributed by atoms with Crippen LogP contribution in [-0.2, 0) is 16.0 Å². The molecule has 0 spiro atoms. The molecule has 0 aliphatic rings. The molecule has 0 bridgehead atoms. The standard InChI is InChI=1S/C21H19N3O3S/c1-14(20-23-24-21(27-20)15-8-3-2-4-9-15)26-19(25)13-7-12-18-22-16-10-5-6-11-17(16)28-18/h2-6,8-11,14H,7,12-13H2,1H3. The first-order valence-electron chi connectivity index (χ1n) is 9.12. The van der Waals surface area contributed by atoms with Crippen LogP contribution < -0.4 is 0 Å². The molecule has 6 nitrogen and oxygen atoms in total. The van der Waals surface area contributed by atoms with E-state index in [-0.39, 0.29) is 5.97 Å². The Morgan fingerprint density at radius 1 is 1.11 bits per heavy atom. The van der Waals surface area contributed by atoms with Gasteiger partial charge < -0.3 is 9.15 Å². The topological polar surface area (TPSA) is 78.1 Å². The van der Waals surface area contributed by atoms with Crippen LogP contribution in [0.5, 0.6) is 0 Å². The molecule has 0 N–H and O–H groups in total. The summed E-state index contributed by atoms with van der Waals surface area (Å²) in [5.74, 6) is 0.417. The Hall–Kier alpha value is -3.06. The first-order chi connectivity index (χ1) is 13.7. The second-order valence-corrected chi connectivity index (χ2v) is 7.49. The summed E-state index contributed by atoms with van der Waals surface area (Å²) < 4.78 is 12.2. The number of rotatable bonds is 7. The maximum atomic E-state index is 12.1. The van der Waals surface area contributed by atoms with Gasteiger partial charge in [0.15, 0.2) is 6.10 Å². The monoisotopic (exact) mass is 393 g/mol. The molecule has 7 heteroatoms. The number of benzene rings is 2. The molecule has 1 atom stereocenters. The molecule has 28 heavy (non-hydrogen) atoms. The smallest absolute Gasteiger partial charge is 0.306 e. The Kier molecular flexibility index (Phi) is 5.43. The summed E-state index contributed by atoms with van der Waals surface area (Å²) in [6.45, 7) is 1.73. The van der Waals surface area contributed by atoms with Gasteiger partial charge in [0, 0.05) is 12.0 Å². The van der Waals surface area contributed by atoms with Crippen molar-refractivity contribution in [1.82, 2.24) is 15.2 Å². The maximum absolute atomic E-state index is 12.1. The number of thiazole rings is 1. The fourth-order valence-electron chi connectivity index (χ4n) is 2.81. The van der Waals surface area contributed by atoms with Crippen molar-refractivity contribution in [2.45, 2.75) is 32.3 Å². The Bertz CT molecular complexity index is 1040. The first-order valence-corrected chi connectivity index (χ1v) is 9.93. The molecule has 2 aromatic carbocycles. The molecule has 4 aromatic rings. The summed E-state index contributed by atoms with van der Waals surface area (Å²) in [7, 11) is 0. The molecule has 142 valence electrons. The van der Waals surface area contributed by atoms with E-state index in [9.17, 15) is 4.79 Å². The average Bonchev–Trinajstić information content (AvgIpc) is 3.35. The highest BCUT2D eigenvalue weighted by atomic mass is 32.1. The van der Waals surface area contributed by atoms with Gasteiger partial charge in [-0.1, -0.05) is 30.3 Å². The van der Waals surface area contributed by atoms with E-state index < -0.39 is 6.10 Å². The maximum Gasteiger partial charge on any atom is 0.306 e. The summed E-state index contributed by atoms with van der Waals surface area (Å²) >= 11 is 1.66. The Morgan fingerprint density at radius 3 is 2.71 bits per heavy atom. The van der Waals surface area contributed by atoms with Crippen LogP contribution in [-0.4, -0.2) is 21.2 Å².